The number of aliphatic hydroxyl groups excluding tert-OH is 1. The molecule has 0 spiro atoms. The van der Waals surface area contributed by atoms with E-state index in [1.165, 1.54) is 0 Å². The summed E-state index contributed by atoms with van der Waals surface area (Å²) in [7, 11) is 1.63. The quantitative estimate of drug-likeness (QED) is 0.808. The van der Waals surface area contributed by atoms with E-state index in [2.05, 4.69) is 10.2 Å². The van der Waals surface area contributed by atoms with Crippen LogP contribution in [0.3, 0.4) is 0 Å². The van der Waals surface area contributed by atoms with Crippen LogP contribution in [-0.4, -0.2) is 61.5 Å². The normalized spacial score (nSPS) is 27.2. The predicted molar refractivity (Wildman–Crippen MR) is 94.4 cm³/mol. The summed E-state index contributed by atoms with van der Waals surface area (Å²) >= 11 is 0. The van der Waals surface area contributed by atoms with E-state index in [-0.39, 0.29) is 24.0 Å². The van der Waals surface area contributed by atoms with E-state index < -0.39 is 0 Å². The molecule has 0 radical (unpaired) electrons. The van der Waals surface area contributed by atoms with Gasteiger partial charge in [-0.15, -0.1) is 0 Å². The molecule has 3 atom stereocenters. The van der Waals surface area contributed by atoms with Crippen LogP contribution < -0.4 is 10.1 Å². The first-order valence-corrected chi connectivity index (χ1v) is 9.07. The van der Waals surface area contributed by atoms with Crippen molar-refractivity contribution in [2.75, 3.05) is 33.4 Å². The first-order chi connectivity index (χ1) is 12.2. The third-order valence-corrected chi connectivity index (χ3v) is 5.28. The molecule has 1 aliphatic carbocycles. The Balaban J connectivity index is 1.53. The van der Waals surface area contributed by atoms with Crippen LogP contribution in [0.25, 0.3) is 0 Å². The molecule has 1 aliphatic heterocycles. The van der Waals surface area contributed by atoms with Crippen molar-refractivity contribution in [3.05, 3.63) is 29.8 Å². The molecule has 2 fully saturated rings. The van der Waals surface area contributed by atoms with Gasteiger partial charge in [-0.3, -0.25) is 9.69 Å². The van der Waals surface area contributed by atoms with E-state index in [1.807, 2.05) is 24.3 Å². The highest BCUT2D eigenvalue weighted by molar-refractivity contribution is 5.78. The standard InChI is InChI=1S/C19H28N2O4/c1-24-15-5-2-4-14(10-15)11-20-19(23)12-21-8-9-25-13-17(21)16-6-3-7-18(16)22/h2,4-5,10,16-18,22H,3,6-9,11-13H2,1H3,(H,20,23)/t16-,17+,18+/m0/s1. The molecule has 1 saturated carbocycles. The summed E-state index contributed by atoms with van der Waals surface area (Å²) in [5.41, 5.74) is 1.01. The minimum atomic E-state index is -0.269. The molecule has 2 aliphatic rings. The number of benzene rings is 1. The topological polar surface area (TPSA) is 71.0 Å². The second kappa shape index (κ2) is 8.65. The highest BCUT2D eigenvalue weighted by Crippen LogP contribution is 2.32. The van der Waals surface area contributed by atoms with Gasteiger partial charge in [0.1, 0.15) is 5.75 Å². The van der Waals surface area contributed by atoms with Crippen molar-refractivity contribution in [3.8, 4) is 5.75 Å². The average molecular weight is 348 g/mol. The molecule has 6 nitrogen and oxygen atoms in total. The molecule has 138 valence electrons. The molecule has 1 heterocycles. The number of carbonyl (C=O) groups is 1. The maximum absolute atomic E-state index is 12.4. The number of amides is 1. The van der Waals surface area contributed by atoms with E-state index in [0.29, 0.717) is 26.3 Å². The fraction of sp³-hybridized carbons (Fsp3) is 0.632. The molecule has 2 N–H and O–H groups in total. The van der Waals surface area contributed by atoms with Crippen molar-refractivity contribution in [1.29, 1.82) is 0 Å². The molecule has 0 aromatic heterocycles. The van der Waals surface area contributed by atoms with Crippen LogP contribution in [0.4, 0.5) is 0 Å². The SMILES string of the molecule is COc1cccc(CNC(=O)CN2CCOC[C@@H]2[C@@H]2CCC[C@H]2O)c1. The minimum absolute atomic E-state index is 0.00204. The lowest BCUT2D eigenvalue weighted by atomic mass is 9.94. The van der Waals surface area contributed by atoms with Crippen molar-refractivity contribution >= 4 is 5.91 Å². The van der Waals surface area contributed by atoms with Crippen molar-refractivity contribution in [2.45, 2.75) is 38.0 Å². The molecule has 0 bridgehead atoms. The van der Waals surface area contributed by atoms with Crippen LogP contribution in [0.15, 0.2) is 24.3 Å². The zero-order chi connectivity index (χ0) is 17.6. The highest BCUT2D eigenvalue weighted by atomic mass is 16.5. The number of carbonyl (C=O) groups excluding carboxylic acids is 1. The zero-order valence-electron chi connectivity index (χ0n) is 14.8. The number of nitrogens with one attached hydrogen (secondary N) is 1. The lowest BCUT2D eigenvalue weighted by Crippen LogP contribution is -2.53. The molecule has 6 heteroatoms. The number of rotatable bonds is 6. The van der Waals surface area contributed by atoms with Gasteiger partial charge in [-0.2, -0.15) is 0 Å². The number of morpholine rings is 1. The number of aliphatic hydroxyl groups is 1. The summed E-state index contributed by atoms with van der Waals surface area (Å²) in [4.78, 5) is 14.6. The van der Waals surface area contributed by atoms with Gasteiger partial charge in [-0.1, -0.05) is 18.6 Å². The first kappa shape index (κ1) is 18.2. The second-order valence-electron chi connectivity index (χ2n) is 6.90. The summed E-state index contributed by atoms with van der Waals surface area (Å²) in [6.45, 7) is 2.81. The summed E-state index contributed by atoms with van der Waals surface area (Å²) in [5, 5.41) is 13.2. The fourth-order valence-electron chi connectivity index (χ4n) is 3.89. The molecule has 1 aromatic rings. The molecule has 1 amide bonds. The third-order valence-electron chi connectivity index (χ3n) is 5.28. The lowest BCUT2D eigenvalue weighted by molar-refractivity contribution is -0.126. The average Bonchev–Trinajstić information content (AvgIpc) is 3.06. The van der Waals surface area contributed by atoms with Gasteiger partial charge in [0.15, 0.2) is 0 Å². The molecule has 1 aromatic carbocycles. The molecular formula is C19H28N2O4. The van der Waals surface area contributed by atoms with E-state index >= 15 is 0 Å². The minimum Gasteiger partial charge on any atom is -0.497 e. The van der Waals surface area contributed by atoms with E-state index in [9.17, 15) is 9.90 Å². The number of methoxy groups -OCH3 is 1. The Labute approximate surface area is 149 Å². The van der Waals surface area contributed by atoms with Crippen LogP contribution in [0, 0.1) is 5.92 Å². The molecular weight excluding hydrogens is 320 g/mol. The van der Waals surface area contributed by atoms with Crippen molar-refractivity contribution in [2.24, 2.45) is 5.92 Å². The van der Waals surface area contributed by atoms with E-state index in [4.69, 9.17) is 9.47 Å². The molecule has 25 heavy (non-hydrogen) atoms. The van der Waals surface area contributed by atoms with E-state index in [0.717, 1.165) is 37.1 Å². The Hall–Kier alpha value is -1.63. The number of hydrogen-bond acceptors (Lipinski definition) is 5. The Morgan fingerprint density at radius 1 is 1.44 bits per heavy atom. The zero-order valence-corrected chi connectivity index (χ0v) is 14.8. The van der Waals surface area contributed by atoms with Gasteiger partial charge in [0.25, 0.3) is 0 Å². The van der Waals surface area contributed by atoms with Crippen molar-refractivity contribution < 1.29 is 19.4 Å². The highest BCUT2D eigenvalue weighted by Gasteiger charge is 2.38. The second-order valence-corrected chi connectivity index (χ2v) is 6.90. The monoisotopic (exact) mass is 348 g/mol. The smallest absolute Gasteiger partial charge is 0.234 e. The molecule has 3 rings (SSSR count). The third kappa shape index (κ3) is 4.71. The van der Waals surface area contributed by atoms with Crippen molar-refractivity contribution in [3.63, 3.8) is 0 Å². The van der Waals surface area contributed by atoms with Gasteiger partial charge in [-0.05, 0) is 30.5 Å². The molecule has 0 unspecified atom stereocenters. The Morgan fingerprint density at radius 3 is 3.08 bits per heavy atom. The van der Waals surface area contributed by atoms with Crippen LogP contribution in [0.5, 0.6) is 5.75 Å². The van der Waals surface area contributed by atoms with Gasteiger partial charge < -0.3 is 19.9 Å². The first-order valence-electron chi connectivity index (χ1n) is 9.07. The molecule has 1 saturated heterocycles. The van der Waals surface area contributed by atoms with E-state index in [1.54, 1.807) is 7.11 Å². The Bertz CT molecular complexity index is 580. The summed E-state index contributed by atoms with van der Waals surface area (Å²) < 4.78 is 10.8. The van der Waals surface area contributed by atoms with Gasteiger partial charge in [0, 0.05) is 25.0 Å². The summed E-state index contributed by atoms with van der Waals surface area (Å²) in [6.07, 6.45) is 2.65. The maximum Gasteiger partial charge on any atom is 0.234 e. The van der Waals surface area contributed by atoms with Crippen LogP contribution in [-0.2, 0) is 16.1 Å². The number of ether oxygens (including phenoxy) is 2. The predicted octanol–water partition coefficient (Wildman–Crippen LogP) is 1.17. The summed E-state index contributed by atoms with van der Waals surface area (Å²) in [6, 6.07) is 7.83. The lowest BCUT2D eigenvalue weighted by Gasteiger charge is -2.39. The largest absolute Gasteiger partial charge is 0.497 e. The van der Waals surface area contributed by atoms with Gasteiger partial charge in [0.2, 0.25) is 5.91 Å². The Morgan fingerprint density at radius 2 is 2.32 bits per heavy atom. The summed E-state index contributed by atoms with van der Waals surface area (Å²) in [5.74, 6) is 1.00. The number of nitrogens with zero attached hydrogens (tertiary/aromatic N) is 1. The van der Waals surface area contributed by atoms with Gasteiger partial charge in [-0.25, -0.2) is 0 Å². The number of hydrogen-bond donors (Lipinski definition) is 2. The maximum atomic E-state index is 12.4. The van der Waals surface area contributed by atoms with Crippen molar-refractivity contribution in [1.82, 2.24) is 10.2 Å². The van der Waals surface area contributed by atoms with Crippen LogP contribution in [0.2, 0.25) is 0 Å². The van der Waals surface area contributed by atoms with Crippen LogP contribution >= 0.6 is 0 Å². The van der Waals surface area contributed by atoms with Crippen LogP contribution in [0.1, 0.15) is 24.8 Å². The fourth-order valence-corrected chi connectivity index (χ4v) is 3.89. The Kier molecular flexibility index (Phi) is 6.29. The van der Waals surface area contributed by atoms with Gasteiger partial charge >= 0.3 is 0 Å². The van der Waals surface area contributed by atoms with Gasteiger partial charge in [0.05, 0.1) is 33.0 Å².